The van der Waals surface area contributed by atoms with Crippen molar-refractivity contribution in [1.82, 2.24) is 0 Å². The van der Waals surface area contributed by atoms with Gasteiger partial charge in [0.25, 0.3) is 0 Å². The Kier molecular flexibility index (Phi) is 3.73. The molecule has 1 fully saturated rings. The summed E-state index contributed by atoms with van der Waals surface area (Å²) in [5.41, 5.74) is -0.367. The maximum atomic E-state index is 9.74. The summed E-state index contributed by atoms with van der Waals surface area (Å²) in [7, 11) is 0. The molecule has 0 bridgehead atoms. The van der Waals surface area contributed by atoms with Crippen LogP contribution in [0, 0.1) is 5.41 Å². The van der Waals surface area contributed by atoms with Gasteiger partial charge in [0.2, 0.25) is 0 Å². The first-order chi connectivity index (χ1) is 6.79. The summed E-state index contributed by atoms with van der Waals surface area (Å²) in [5.74, 6) is 0. The minimum atomic E-state index is -1.28. The second kappa shape index (κ2) is 4.35. The quantitative estimate of drug-likeness (QED) is 0.449. The van der Waals surface area contributed by atoms with E-state index in [4.69, 9.17) is 9.84 Å². The zero-order valence-electron chi connectivity index (χ0n) is 9.29. The lowest BCUT2D eigenvalue weighted by Gasteiger charge is -2.45. The van der Waals surface area contributed by atoms with Gasteiger partial charge in [0, 0.05) is 0 Å². The van der Waals surface area contributed by atoms with E-state index in [1.807, 2.05) is 20.8 Å². The number of aliphatic hydroxyl groups excluding tert-OH is 4. The molecule has 0 spiro atoms. The molecule has 90 valence electrons. The monoisotopic (exact) mass is 220 g/mol. The third-order valence-corrected chi connectivity index (χ3v) is 2.75. The summed E-state index contributed by atoms with van der Waals surface area (Å²) in [6.07, 6.45) is -5.10. The van der Waals surface area contributed by atoms with E-state index in [-0.39, 0.29) is 12.0 Å². The molecule has 0 saturated carbocycles. The minimum absolute atomic E-state index is 0.367. The Balaban J connectivity index is 2.83. The van der Waals surface area contributed by atoms with Crippen LogP contribution in [-0.4, -0.2) is 57.6 Å². The smallest absolute Gasteiger partial charge is 0.111 e. The second-order valence-electron chi connectivity index (χ2n) is 5.12. The van der Waals surface area contributed by atoms with Crippen molar-refractivity contribution in [3.63, 3.8) is 0 Å². The van der Waals surface area contributed by atoms with Crippen LogP contribution in [0.3, 0.4) is 0 Å². The molecule has 5 nitrogen and oxygen atoms in total. The van der Waals surface area contributed by atoms with Crippen LogP contribution >= 0.6 is 0 Å². The second-order valence-corrected chi connectivity index (χ2v) is 5.12. The van der Waals surface area contributed by atoms with E-state index < -0.39 is 30.5 Å². The summed E-state index contributed by atoms with van der Waals surface area (Å²) >= 11 is 0. The Labute approximate surface area is 89.3 Å². The third kappa shape index (κ3) is 2.49. The van der Waals surface area contributed by atoms with Crippen molar-refractivity contribution in [2.75, 3.05) is 6.61 Å². The molecule has 0 aromatic rings. The van der Waals surface area contributed by atoms with Crippen LogP contribution in [-0.2, 0) is 4.74 Å². The molecule has 1 aliphatic rings. The number of rotatable bonds is 1. The summed E-state index contributed by atoms with van der Waals surface area (Å²) in [5, 5.41) is 37.8. The van der Waals surface area contributed by atoms with E-state index >= 15 is 0 Å². The van der Waals surface area contributed by atoms with Gasteiger partial charge in [0.1, 0.15) is 24.4 Å². The summed E-state index contributed by atoms with van der Waals surface area (Å²) < 4.78 is 5.38. The molecule has 5 heteroatoms. The Bertz CT molecular complexity index is 210. The molecule has 15 heavy (non-hydrogen) atoms. The molecule has 0 aromatic heterocycles. The first kappa shape index (κ1) is 12.9. The topological polar surface area (TPSA) is 90.2 Å². The molecule has 1 rings (SSSR count). The van der Waals surface area contributed by atoms with Gasteiger partial charge in [0.15, 0.2) is 0 Å². The summed E-state index contributed by atoms with van der Waals surface area (Å²) in [6, 6.07) is 0. The van der Waals surface area contributed by atoms with Gasteiger partial charge in [-0.25, -0.2) is 0 Å². The van der Waals surface area contributed by atoms with Crippen molar-refractivity contribution >= 4 is 0 Å². The fraction of sp³-hybridized carbons (Fsp3) is 1.00. The van der Waals surface area contributed by atoms with Crippen molar-refractivity contribution in [3.05, 3.63) is 0 Å². The van der Waals surface area contributed by atoms with E-state index in [9.17, 15) is 15.3 Å². The highest BCUT2D eigenvalue weighted by atomic mass is 16.5. The van der Waals surface area contributed by atoms with Gasteiger partial charge in [-0.05, 0) is 5.41 Å². The average molecular weight is 220 g/mol. The fourth-order valence-electron chi connectivity index (χ4n) is 1.82. The molecular weight excluding hydrogens is 200 g/mol. The van der Waals surface area contributed by atoms with E-state index in [1.165, 1.54) is 0 Å². The normalized spacial score (nSPS) is 43.0. The van der Waals surface area contributed by atoms with E-state index in [0.29, 0.717) is 0 Å². The predicted molar refractivity (Wildman–Crippen MR) is 53.2 cm³/mol. The highest BCUT2D eigenvalue weighted by molar-refractivity contribution is 4.96. The maximum absolute atomic E-state index is 9.74. The number of ether oxygens (including phenoxy) is 1. The van der Waals surface area contributed by atoms with Gasteiger partial charge in [-0.15, -0.1) is 0 Å². The maximum Gasteiger partial charge on any atom is 0.111 e. The van der Waals surface area contributed by atoms with Crippen molar-refractivity contribution in [2.45, 2.75) is 51.3 Å². The molecule has 0 radical (unpaired) electrons. The van der Waals surface area contributed by atoms with E-state index in [1.54, 1.807) is 0 Å². The number of aliphatic hydroxyl groups is 4. The highest BCUT2D eigenvalue weighted by Crippen LogP contribution is 2.32. The first-order valence-corrected chi connectivity index (χ1v) is 5.09. The van der Waals surface area contributed by atoms with Crippen LogP contribution in [0.5, 0.6) is 0 Å². The number of hydrogen-bond donors (Lipinski definition) is 4. The minimum Gasteiger partial charge on any atom is -0.394 e. The van der Waals surface area contributed by atoms with E-state index in [2.05, 4.69) is 0 Å². The molecular formula is C10H20O5. The van der Waals surface area contributed by atoms with Crippen LogP contribution < -0.4 is 0 Å². The van der Waals surface area contributed by atoms with Crippen molar-refractivity contribution in [3.8, 4) is 0 Å². The van der Waals surface area contributed by atoms with Crippen LogP contribution in [0.4, 0.5) is 0 Å². The Morgan fingerprint density at radius 1 is 1.00 bits per heavy atom. The van der Waals surface area contributed by atoms with Gasteiger partial charge >= 0.3 is 0 Å². The van der Waals surface area contributed by atoms with Crippen molar-refractivity contribution < 1.29 is 25.2 Å². The zero-order chi connectivity index (χ0) is 11.8. The summed E-state index contributed by atoms with van der Waals surface area (Å²) in [6.45, 7) is 5.21. The molecule has 0 unspecified atom stereocenters. The summed E-state index contributed by atoms with van der Waals surface area (Å²) in [4.78, 5) is 0. The van der Waals surface area contributed by atoms with Gasteiger partial charge in [-0.2, -0.15) is 0 Å². The van der Waals surface area contributed by atoms with E-state index in [0.717, 1.165) is 0 Å². The van der Waals surface area contributed by atoms with Crippen molar-refractivity contribution in [1.29, 1.82) is 0 Å². The Morgan fingerprint density at radius 3 is 1.93 bits per heavy atom. The Morgan fingerprint density at radius 2 is 1.53 bits per heavy atom. The molecule has 0 aliphatic carbocycles. The lowest BCUT2D eigenvalue weighted by molar-refractivity contribution is -0.250. The predicted octanol–water partition coefficient (Wildman–Crippen LogP) is -1.13. The molecule has 4 N–H and O–H groups in total. The SMILES string of the molecule is CC(C)(C)[C@@H]1O[C@H](CO)[C@H](O)[C@H](O)[C@H]1O. The molecule has 5 atom stereocenters. The van der Waals surface area contributed by atoms with Crippen LogP contribution in [0.25, 0.3) is 0 Å². The Hall–Kier alpha value is -0.200. The lowest BCUT2D eigenvalue weighted by Crippen LogP contribution is -2.61. The lowest BCUT2D eigenvalue weighted by atomic mass is 9.80. The zero-order valence-corrected chi connectivity index (χ0v) is 9.29. The largest absolute Gasteiger partial charge is 0.394 e. The number of hydrogen-bond acceptors (Lipinski definition) is 5. The van der Waals surface area contributed by atoms with Crippen LogP contribution in [0.1, 0.15) is 20.8 Å². The van der Waals surface area contributed by atoms with Crippen LogP contribution in [0.15, 0.2) is 0 Å². The van der Waals surface area contributed by atoms with Gasteiger partial charge in [0.05, 0.1) is 12.7 Å². The molecule has 0 amide bonds. The third-order valence-electron chi connectivity index (χ3n) is 2.75. The highest BCUT2D eigenvalue weighted by Gasteiger charge is 2.47. The average Bonchev–Trinajstić information content (AvgIpc) is 2.13. The first-order valence-electron chi connectivity index (χ1n) is 5.09. The molecule has 0 aromatic carbocycles. The molecule has 1 heterocycles. The molecule has 1 saturated heterocycles. The van der Waals surface area contributed by atoms with Gasteiger partial charge in [-0.1, -0.05) is 20.8 Å². The molecule has 1 aliphatic heterocycles. The van der Waals surface area contributed by atoms with Crippen LogP contribution in [0.2, 0.25) is 0 Å². The van der Waals surface area contributed by atoms with Gasteiger partial charge < -0.3 is 25.2 Å². The standard InChI is InChI=1S/C10H20O5/c1-10(2,3)9-8(14)7(13)6(12)5(4-11)15-9/h5-9,11-14H,4H2,1-3H3/t5-,6+,7+,8-,9-/m1/s1. The fourth-order valence-corrected chi connectivity index (χ4v) is 1.82. The van der Waals surface area contributed by atoms with Gasteiger partial charge in [-0.3, -0.25) is 0 Å². The van der Waals surface area contributed by atoms with Crippen molar-refractivity contribution in [2.24, 2.45) is 5.41 Å².